The summed E-state index contributed by atoms with van der Waals surface area (Å²) in [5.74, 6) is -0.176. The van der Waals surface area contributed by atoms with Crippen molar-refractivity contribution in [2.75, 3.05) is 5.32 Å². The van der Waals surface area contributed by atoms with Crippen molar-refractivity contribution in [2.24, 2.45) is 0 Å². The quantitative estimate of drug-likeness (QED) is 0.263. The van der Waals surface area contributed by atoms with Crippen molar-refractivity contribution in [3.63, 3.8) is 0 Å². The van der Waals surface area contributed by atoms with Crippen LogP contribution in [0.15, 0.2) is 66.0 Å². The van der Waals surface area contributed by atoms with Crippen LogP contribution in [0.5, 0.6) is 0 Å². The Bertz CT molecular complexity index is 1180. The molecule has 0 bridgehead atoms. The van der Waals surface area contributed by atoms with Gasteiger partial charge in [0.15, 0.2) is 0 Å². The number of anilines is 1. The highest BCUT2D eigenvalue weighted by Crippen LogP contribution is 2.37. The summed E-state index contributed by atoms with van der Waals surface area (Å²) in [5, 5.41) is 5.11. The molecule has 0 saturated carbocycles. The smallest absolute Gasteiger partial charge is 0.237 e. The number of benzene rings is 2. The average Bonchev–Trinajstić information content (AvgIpc) is 3.17. The van der Waals surface area contributed by atoms with Gasteiger partial charge >= 0.3 is 0 Å². The second-order valence-electron chi connectivity index (χ2n) is 6.25. The third-order valence-electron chi connectivity index (χ3n) is 4.20. The highest BCUT2D eigenvalue weighted by Gasteiger charge is 2.19. The molecular formula is C21H15Cl2N3OS2. The van der Waals surface area contributed by atoms with Gasteiger partial charge in [-0.2, -0.15) is 0 Å². The first kappa shape index (κ1) is 20.2. The van der Waals surface area contributed by atoms with E-state index in [2.05, 4.69) is 33.5 Å². The van der Waals surface area contributed by atoms with Crippen molar-refractivity contribution in [2.45, 2.75) is 17.2 Å². The summed E-state index contributed by atoms with van der Waals surface area (Å²) in [6, 6.07) is 17.2. The van der Waals surface area contributed by atoms with Crippen LogP contribution in [-0.4, -0.2) is 21.1 Å². The first-order valence-electron chi connectivity index (χ1n) is 8.74. The normalized spacial score (nSPS) is 12.1. The lowest BCUT2D eigenvalue weighted by molar-refractivity contribution is -0.115. The fraction of sp³-hybridized carbons (Fsp3) is 0.0952. The molecule has 4 rings (SSSR count). The standard InChI is InChI=1S/C21H15Cl2N3OS2/c1-12(19(27)26-17-9-14(22)7-8-16(17)23)28-20-15-10-18(13-5-3-2-4-6-13)29-21(15)25-11-24-20/h2-12H,1H3,(H,26,27)/t12-/m1/s1. The second-order valence-corrected chi connectivity index (χ2v) is 9.45. The summed E-state index contributed by atoms with van der Waals surface area (Å²) in [5.41, 5.74) is 1.62. The number of thioether (sulfide) groups is 1. The van der Waals surface area contributed by atoms with Gasteiger partial charge in [-0.25, -0.2) is 9.97 Å². The van der Waals surface area contributed by atoms with Crippen LogP contribution in [0, 0.1) is 0 Å². The van der Waals surface area contributed by atoms with Gasteiger partial charge in [-0.15, -0.1) is 11.3 Å². The Morgan fingerprint density at radius 2 is 1.90 bits per heavy atom. The monoisotopic (exact) mass is 459 g/mol. The third kappa shape index (κ3) is 4.56. The molecule has 0 aliphatic rings. The van der Waals surface area contributed by atoms with Crippen molar-refractivity contribution in [1.29, 1.82) is 0 Å². The van der Waals surface area contributed by atoms with E-state index in [-0.39, 0.29) is 11.2 Å². The van der Waals surface area contributed by atoms with Gasteiger partial charge in [0, 0.05) is 15.3 Å². The van der Waals surface area contributed by atoms with Gasteiger partial charge in [0.2, 0.25) is 5.91 Å². The molecule has 2 heterocycles. The van der Waals surface area contributed by atoms with Gasteiger partial charge in [0.05, 0.1) is 16.0 Å². The van der Waals surface area contributed by atoms with Crippen LogP contribution >= 0.6 is 46.3 Å². The number of carbonyl (C=O) groups is 1. The predicted molar refractivity (Wildman–Crippen MR) is 123 cm³/mol. The SMILES string of the molecule is C[C@@H](Sc1ncnc2sc(-c3ccccc3)cc12)C(=O)Nc1cc(Cl)ccc1Cl. The Labute approximate surface area is 186 Å². The molecule has 0 spiro atoms. The lowest BCUT2D eigenvalue weighted by Gasteiger charge is -2.13. The molecule has 0 aliphatic carbocycles. The number of thiophene rings is 1. The number of nitrogens with zero attached hydrogens (tertiary/aromatic N) is 2. The molecule has 0 radical (unpaired) electrons. The van der Waals surface area contributed by atoms with E-state index in [0.717, 1.165) is 25.7 Å². The van der Waals surface area contributed by atoms with Crippen LogP contribution in [0.25, 0.3) is 20.7 Å². The second kappa shape index (κ2) is 8.71. The molecule has 0 aliphatic heterocycles. The lowest BCUT2D eigenvalue weighted by Crippen LogP contribution is -2.22. The molecule has 0 saturated heterocycles. The van der Waals surface area contributed by atoms with Crippen molar-refractivity contribution < 1.29 is 4.79 Å². The van der Waals surface area contributed by atoms with Gasteiger partial charge in [0.1, 0.15) is 16.2 Å². The van der Waals surface area contributed by atoms with E-state index in [0.29, 0.717) is 15.7 Å². The van der Waals surface area contributed by atoms with Crippen LogP contribution in [0.4, 0.5) is 5.69 Å². The molecule has 146 valence electrons. The molecule has 4 aromatic rings. The average molecular weight is 460 g/mol. The maximum atomic E-state index is 12.7. The van der Waals surface area contributed by atoms with E-state index in [4.69, 9.17) is 23.2 Å². The molecule has 2 aromatic carbocycles. The maximum absolute atomic E-state index is 12.7. The first-order valence-corrected chi connectivity index (χ1v) is 11.2. The zero-order chi connectivity index (χ0) is 20.4. The van der Waals surface area contributed by atoms with Crippen molar-refractivity contribution in [1.82, 2.24) is 9.97 Å². The highest BCUT2D eigenvalue weighted by molar-refractivity contribution is 8.00. The van der Waals surface area contributed by atoms with Crippen LogP contribution in [0.3, 0.4) is 0 Å². The van der Waals surface area contributed by atoms with Crippen LogP contribution in [0.2, 0.25) is 10.0 Å². The van der Waals surface area contributed by atoms with Gasteiger partial charge in [-0.3, -0.25) is 4.79 Å². The van der Waals surface area contributed by atoms with Gasteiger partial charge in [-0.1, -0.05) is 65.3 Å². The predicted octanol–water partition coefficient (Wildman–Crippen LogP) is 6.78. The Morgan fingerprint density at radius 3 is 2.69 bits per heavy atom. The summed E-state index contributed by atoms with van der Waals surface area (Å²) in [6.07, 6.45) is 1.54. The highest BCUT2D eigenvalue weighted by atomic mass is 35.5. The van der Waals surface area contributed by atoms with Crippen LogP contribution < -0.4 is 5.32 Å². The van der Waals surface area contributed by atoms with E-state index >= 15 is 0 Å². The molecular weight excluding hydrogens is 445 g/mol. The van der Waals surface area contributed by atoms with E-state index in [1.165, 1.54) is 18.1 Å². The summed E-state index contributed by atoms with van der Waals surface area (Å²) in [6.45, 7) is 1.83. The van der Waals surface area contributed by atoms with Crippen molar-refractivity contribution in [3.05, 3.63) is 71.0 Å². The number of amides is 1. The summed E-state index contributed by atoms with van der Waals surface area (Å²) in [7, 11) is 0. The molecule has 1 atom stereocenters. The minimum Gasteiger partial charge on any atom is -0.324 e. The van der Waals surface area contributed by atoms with E-state index in [9.17, 15) is 4.79 Å². The summed E-state index contributed by atoms with van der Waals surface area (Å²) < 4.78 is 0. The maximum Gasteiger partial charge on any atom is 0.237 e. The molecule has 8 heteroatoms. The van der Waals surface area contributed by atoms with Crippen LogP contribution in [0.1, 0.15) is 6.92 Å². The summed E-state index contributed by atoms with van der Waals surface area (Å²) >= 11 is 15.1. The molecule has 0 unspecified atom stereocenters. The number of rotatable bonds is 5. The molecule has 1 amide bonds. The first-order chi connectivity index (χ1) is 14.0. The van der Waals surface area contributed by atoms with Crippen molar-refractivity contribution >= 4 is 68.1 Å². The lowest BCUT2D eigenvalue weighted by atomic mass is 10.2. The largest absolute Gasteiger partial charge is 0.324 e. The number of nitrogens with one attached hydrogen (secondary N) is 1. The molecule has 1 N–H and O–H groups in total. The molecule has 29 heavy (non-hydrogen) atoms. The Balaban J connectivity index is 1.56. The van der Waals surface area contributed by atoms with Gasteiger partial charge in [-0.05, 0) is 36.8 Å². The Hall–Kier alpha value is -2.12. The fourth-order valence-electron chi connectivity index (χ4n) is 2.72. The topological polar surface area (TPSA) is 54.9 Å². The zero-order valence-corrected chi connectivity index (χ0v) is 18.4. The number of halogens is 2. The van der Waals surface area contributed by atoms with Gasteiger partial charge < -0.3 is 5.32 Å². The van der Waals surface area contributed by atoms with E-state index < -0.39 is 0 Å². The number of fused-ring (bicyclic) bond motifs is 1. The third-order valence-corrected chi connectivity index (χ3v) is 6.97. The van der Waals surface area contributed by atoms with Crippen molar-refractivity contribution in [3.8, 4) is 10.4 Å². The number of hydrogen-bond donors (Lipinski definition) is 1. The van der Waals surface area contributed by atoms with Crippen LogP contribution in [-0.2, 0) is 4.79 Å². The van der Waals surface area contributed by atoms with E-state index in [1.54, 1.807) is 29.5 Å². The minimum absolute atomic E-state index is 0.176. The Kier molecular flexibility index (Phi) is 6.06. The molecule has 4 nitrogen and oxygen atoms in total. The number of hydrogen-bond acceptors (Lipinski definition) is 5. The number of aromatic nitrogens is 2. The van der Waals surface area contributed by atoms with Gasteiger partial charge in [0.25, 0.3) is 0 Å². The fourth-order valence-corrected chi connectivity index (χ4v) is 5.02. The van der Waals surface area contributed by atoms with E-state index in [1.807, 2.05) is 25.1 Å². The number of carbonyl (C=O) groups excluding carboxylic acids is 1. The zero-order valence-electron chi connectivity index (χ0n) is 15.2. The summed E-state index contributed by atoms with van der Waals surface area (Å²) in [4.78, 5) is 23.5. The molecule has 0 fully saturated rings. The minimum atomic E-state index is -0.386. The molecule has 2 aromatic heterocycles. The Morgan fingerprint density at radius 1 is 1.10 bits per heavy atom.